The zero-order chi connectivity index (χ0) is 11.6. The van der Waals surface area contributed by atoms with Crippen molar-refractivity contribution in [2.45, 2.75) is 52.1 Å². The van der Waals surface area contributed by atoms with E-state index < -0.39 is 0 Å². The second kappa shape index (κ2) is 4.52. The van der Waals surface area contributed by atoms with Gasteiger partial charge >= 0.3 is 0 Å². The van der Waals surface area contributed by atoms with Gasteiger partial charge in [-0.25, -0.2) is 0 Å². The molecule has 0 heterocycles. The van der Waals surface area contributed by atoms with E-state index in [2.05, 4.69) is 19.2 Å². The molecule has 0 aromatic heterocycles. The molecule has 1 N–H and O–H groups in total. The fourth-order valence-corrected chi connectivity index (χ4v) is 2.40. The van der Waals surface area contributed by atoms with Crippen LogP contribution in [0.15, 0.2) is 0 Å². The van der Waals surface area contributed by atoms with Gasteiger partial charge in [-0.05, 0) is 25.2 Å². The van der Waals surface area contributed by atoms with Gasteiger partial charge in [-0.15, -0.1) is 0 Å². The third kappa shape index (κ3) is 2.94. The highest BCUT2D eigenvalue weighted by Crippen LogP contribution is 2.37. The van der Waals surface area contributed by atoms with E-state index in [0.29, 0.717) is 11.5 Å². The summed E-state index contributed by atoms with van der Waals surface area (Å²) in [5.74, 6) is 0.165. The third-order valence-corrected chi connectivity index (χ3v) is 3.52. The van der Waals surface area contributed by atoms with Gasteiger partial charge in [0.15, 0.2) is 0 Å². The first-order valence-corrected chi connectivity index (χ1v) is 5.82. The molecule has 0 aliphatic heterocycles. The van der Waals surface area contributed by atoms with Crippen molar-refractivity contribution in [1.29, 1.82) is 0 Å². The molecule has 0 aromatic carbocycles. The van der Waals surface area contributed by atoms with E-state index in [1.807, 2.05) is 6.92 Å². The van der Waals surface area contributed by atoms with E-state index >= 15 is 0 Å². The molecule has 0 aromatic rings. The molecule has 1 fully saturated rings. The van der Waals surface area contributed by atoms with Crippen molar-refractivity contribution in [3.8, 4) is 0 Å². The molecule has 0 radical (unpaired) electrons. The van der Waals surface area contributed by atoms with Crippen LogP contribution in [0.5, 0.6) is 0 Å². The van der Waals surface area contributed by atoms with Gasteiger partial charge in [-0.3, -0.25) is 4.79 Å². The Morgan fingerprint density at radius 1 is 1.47 bits per heavy atom. The lowest BCUT2D eigenvalue weighted by atomic mass is 9.87. The van der Waals surface area contributed by atoms with Crippen LogP contribution in [0.3, 0.4) is 0 Å². The van der Waals surface area contributed by atoms with E-state index in [1.165, 1.54) is 19.3 Å². The molecule has 2 unspecified atom stereocenters. The molecule has 1 amide bonds. The van der Waals surface area contributed by atoms with Gasteiger partial charge in [0, 0.05) is 20.1 Å². The highest BCUT2D eigenvalue weighted by Gasteiger charge is 2.35. The number of carbonyl (C=O) groups excluding carboxylic acids is 1. The van der Waals surface area contributed by atoms with Crippen molar-refractivity contribution in [1.82, 2.24) is 10.2 Å². The minimum absolute atomic E-state index is 0.0672. The molecule has 1 aliphatic carbocycles. The molecule has 1 aliphatic rings. The summed E-state index contributed by atoms with van der Waals surface area (Å²) in [7, 11) is 3.61. The number of hydrogen-bond donors (Lipinski definition) is 1. The monoisotopic (exact) mass is 212 g/mol. The van der Waals surface area contributed by atoms with Gasteiger partial charge < -0.3 is 10.2 Å². The first-order valence-electron chi connectivity index (χ1n) is 5.82. The van der Waals surface area contributed by atoms with Crippen LogP contribution >= 0.6 is 0 Å². The summed E-state index contributed by atoms with van der Waals surface area (Å²) in [5, 5.41) is 3.46. The molecule has 0 spiro atoms. The van der Waals surface area contributed by atoms with Crippen LogP contribution in [0.4, 0.5) is 0 Å². The molecule has 2 atom stereocenters. The Balaban J connectivity index is 2.51. The number of rotatable bonds is 3. The highest BCUT2D eigenvalue weighted by atomic mass is 16.2. The van der Waals surface area contributed by atoms with Gasteiger partial charge in [0.1, 0.15) is 0 Å². The number of carbonyl (C=O) groups is 1. The van der Waals surface area contributed by atoms with Crippen molar-refractivity contribution in [2.24, 2.45) is 5.41 Å². The summed E-state index contributed by atoms with van der Waals surface area (Å²) < 4.78 is 0. The minimum Gasteiger partial charge on any atom is -0.347 e. The summed E-state index contributed by atoms with van der Waals surface area (Å²) in [6.45, 7) is 6.52. The maximum Gasteiger partial charge on any atom is 0.238 e. The molecule has 1 rings (SSSR count). The van der Waals surface area contributed by atoms with Gasteiger partial charge in [0.2, 0.25) is 5.91 Å². The Kier molecular flexibility index (Phi) is 3.77. The van der Waals surface area contributed by atoms with Crippen LogP contribution in [0, 0.1) is 5.41 Å². The Labute approximate surface area is 93.2 Å². The summed E-state index contributed by atoms with van der Waals surface area (Å²) in [4.78, 5) is 13.4. The quantitative estimate of drug-likeness (QED) is 0.771. The zero-order valence-electron chi connectivity index (χ0n) is 10.6. The summed E-state index contributed by atoms with van der Waals surface area (Å²) >= 11 is 0. The molecular weight excluding hydrogens is 188 g/mol. The lowest BCUT2D eigenvalue weighted by Crippen LogP contribution is -2.49. The predicted octanol–water partition coefficient (Wildman–Crippen LogP) is 1.63. The van der Waals surface area contributed by atoms with Gasteiger partial charge in [-0.2, -0.15) is 0 Å². The van der Waals surface area contributed by atoms with Crippen LogP contribution in [0.25, 0.3) is 0 Å². The van der Waals surface area contributed by atoms with Crippen LogP contribution < -0.4 is 5.32 Å². The lowest BCUT2D eigenvalue weighted by Gasteiger charge is -2.31. The second-order valence-corrected chi connectivity index (χ2v) is 5.55. The van der Waals surface area contributed by atoms with Crippen LogP contribution in [0.1, 0.15) is 40.0 Å². The summed E-state index contributed by atoms with van der Waals surface area (Å²) in [6, 6.07) is 0.416. The van der Waals surface area contributed by atoms with Gasteiger partial charge in [-0.1, -0.05) is 20.3 Å². The molecule has 1 saturated carbocycles. The number of nitrogens with zero attached hydrogens (tertiary/aromatic N) is 1. The van der Waals surface area contributed by atoms with E-state index in [-0.39, 0.29) is 11.9 Å². The van der Waals surface area contributed by atoms with Crippen molar-refractivity contribution in [3.05, 3.63) is 0 Å². The van der Waals surface area contributed by atoms with Crippen LogP contribution in [0.2, 0.25) is 0 Å². The molecular formula is C12H24N2O. The Morgan fingerprint density at radius 3 is 2.47 bits per heavy atom. The SMILES string of the molecule is CC(NC1CCCC1(C)C)C(=O)N(C)C. The van der Waals surface area contributed by atoms with Crippen LogP contribution in [-0.4, -0.2) is 37.0 Å². The zero-order valence-corrected chi connectivity index (χ0v) is 10.6. The fourth-order valence-electron chi connectivity index (χ4n) is 2.40. The molecule has 3 heteroatoms. The summed E-state index contributed by atoms with van der Waals surface area (Å²) in [5.41, 5.74) is 0.334. The van der Waals surface area contributed by atoms with Gasteiger partial charge in [0.25, 0.3) is 0 Å². The molecule has 0 saturated heterocycles. The van der Waals surface area contributed by atoms with Gasteiger partial charge in [0.05, 0.1) is 6.04 Å². The maximum atomic E-state index is 11.7. The van der Waals surface area contributed by atoms with Crippen molar-refractivity contribution in [3.63, 3.8) is 0 Å². The Bertz CT molecular complexity index is 236. The number of hydrogen-bond acceptors (Lipinski definition) is 2. The fraction of sp³-hybridized carbons (Fsp3) is 0.917. The number of likely N-dealkylation sites (N-methyl/N-ethyl adjacent to an activating group) is 1. The number of amides is 1. The normalized spacial score (nSPS) is 26.3. The largest absolute Gasteiger partial charge is 0.347 e. The van der Waals surface area contributed by atoms with Crippen molar-refractivity contribution >= 4 is 5.91 Å². The molecule has 3 nitrogen and oxygen atoms in total. The third-order valence-electron chi connectivity index (χ3n) is 3.52. The second-order valence-electron chi connectivity index (χ2n) is 5.55. The van der Waals surface area contributed by atoms with E-state index in [9.17, 15) is 4.79 Å². The van der Waals surface area contributed by atoms with Crippen molar-refractivity contribution in [2.75, 3.05) is 14.1 Å². The maximum absolute atomic E-state index is 11.7. The van der Waals surface area contributed by atoms with Crippen LogP contribution in [-0.2, 0) is 4.79 Å². The molecule has 88 valence electrons. The minimum atomic E-state index is -0.0672. The first-order chi connectivity index (χ1) is 6.84. The first kappa shape index (κ1) is 12.5. The lowest BCUT2D eigenvalue weighted by molar-refractivity contribution is -0.130. The predicted molar refractivity (Wildman–Crippen MR) is 62.7 cm³/mol. The van der Waals surface area contributed by atoms with E-state index in [1.54, 1.807) is 19.0 Å². The smallest absolute Gasteiger partial charge is 0.238 e. The topological polar surface area (TPSA) is 32.3 Å². The average molecular weight is 212 g/mol. The summed E-state index contributed by atoms with van der Waals surface area (Å²) in [6.07, 6.45) is 3.72. The molecule has 15 heavy (non-hydrogen) atoms. The molecule has 0 bridgehead atoms. The Morgan fingerprint density at radius 2 is 2.07 bits per heavy atom. The standard InChI is InChI=1S/C12H24N2O/c1-9(11(15)14(4)5)13-10-7-6-8-12(10,2)3/h9-10,13H,6-8H2,1-5H3. The van der Waals surface area contributed by atoms with E-state index in [4.69, 9.17) is 0 Å². The van der Waals surface area contributed by atoms with E-state index in [0.717, 1.165) is 0 Å². The number of nitrogens with one attached hydrogen (secondary N) is 1. The van der Waals surface area contributed by atoms with Crippen molar-refractivity contribution < 1.29 is 4.79 Å². The Hall–Kier alpha value is -0.570. The highest BCUT2D eigenvalue weighted by molar-refractivity contribution is 5.80. The average Bonchev–Trinajstić information content (AvgIpc) is 2.44.